The number of anilines is 1. The van der Waals surface area contributed by atoms with Crippen LogP contribution in [-0.4, -0.2) is 15.6 Å². The van der Waals surface area contributed by atoms with Crippen molar-refractivity contribution < 1.29 is 4.39 Å². The van der Waals surface area contributed by atoms with Gasteiger partial charge in [-0.05, 0) is 37.1 Å². The average molecular weight is 259 g/mol. The number of nitrogens with zero attached hydrogens (tertiary/aromatic N) is 2. The summed E-state index contributed by atoms with van der Waals surface area (Å²) in [6.07, 6.45) is 9.99. The van der Waals surface area contributed by atoms with Gasteiger partial charge in [0.1, 0.15) is 5.82 Å². The Kier molecular flexibility index (Phi) is 3.49. The van der Waals surface area contributed by atoms with Crippen molar-refractivity contribution >= 4 is 5.95 Å². The molecule has 2 aromatic rings. The van der Waals surface area contributed by atoms with Gasteiger partial charge in [-0.25, -0.2) is 9.37 Å². The first-order valence-corrected chi connectivity index (χ1v) is 6.89. The fraction of sp³-hybridized carbons (Fsp3) is 0.400. The van der Waals surface area contributed by atoms with Gasteiger partial charge in [-0.15, -0.1) is 0 Å². The van der Waals surface area contributed by atoms with Crippen molar-refractivity contribution in [1.29, 1.82) is 0 Å². The Morgan fingerprint density at radius 1 is 1.11 bits per heavy atom. The molecule has 1 fully saturated rings. The summed E-state index contributed by atoms with van der Waals surface area (Å²) >= 11 is 0. The highest BCUT2D eigenvalue weighted by molar-refractivity contribution is 5.42. The molecule has 1 aromatic heterocycles. The van der Waals surface area contributed by atoms with E-state index in [1.165, 1.54) is 44.2 Å². The average Bonchev–Trinajstić information content (AvgIpc) is 2.89. The van der Waals surface area contributed by atoms with Crippen LogP contribution in [0.3, 0.4) is 0 Å². The van der Waals surface area contributed by atoms with E-state index in [2.05, 4.69) is 10.3 Å². The second kappa shape index (κ2) is 5.43. The van der Waals surface area contributed by atoms with Crippen molar-refractivity contribution in [3.8, 4) is 5.69 Å². The molecule has 3 nitrogen and oxygen atoms in total. The van der Waals surface area contributed by atoms with Gasteiger partial charge in [-0.3, -0.25) is 4.57 Å². The molecule has 3 rings (SSSR count). The van der Waals surface area contributed by atoms with Crippen LogP contribution in [0.15, 0.2) is 36.7 Å². The van der Waals surface area contributed by atoms with Crippen LogP contribution in [0, 0.1) is 5.82 Å². The fourth-order valence-corrected chi connectivity index (χ4v) is 2.65. The maximum absolute atomic E-state index is 13.0. The van der Waals surface area contributed by atoms with Crippen molar-refractivity contribution in [3.63, 3.8) is 0 Å². The van der Waals surface area contributed by atoms with Gasteiger partial charge in [0.05, 0.1) is 0 Å². The predicted molar refractivity (Wildman–Crippen MR) is 74.0 cm³/mol. The zero-order chi connectivity index (χ0) is 13.1. The van der Waals surface area contributed by atoms with Gasteiger partial charge < -0.3 is 5.32 Å². The van der Waals surface area contributed by atoms with E-state index in [4.69, 9.17) is 0 Å². The highest BCUT2D eigenvalue weighted by atomic mass is 19.1. The quantitative estimate of drug-likeness (QED) is 0.909. The minimum atomic E-state index is -0.217. The van der Waals surface area contributed by atoms with Gasteiger partial charge in [-0.2, -0.15) is 0 Å². The standard InChI is InChI=1S/C15H18FN3/c16-12-6-8-14(9-7-12)19-11-10-17-15(19)18-13-4-2-1-3-5-13/h6-11,13H,1-5H2,(H,17,18). The largest absolute Gasteiger partial charge is 0.353 e. The van der Waals surface area contributed by atoms with E-state index >= 15 is 0 Å². The lowest BCUT2D eigenvalue weighted by molar-refractivity contribution is 0.460. The molecule has 1 aliphatic rings. The van der Waals surface area contributed by atoms with Crippen LogP contribution in [-0.2, 0) is 0 Å². The number of nitrogens with one attached hydrogen (secondary N) is 1. The molecule has 100 valence electrons. The van der Waals surface area contributed by atoms with Crippen LogP contribution >= 0.6 is 0 Å². The minimum Gasteiger partial charge on any atom is -0.353 e. The third-order valence-electron chi connectivity index (χ3n) is 3.68. The Balaban J connectivity index is 1.79. The number of hydrogen-bond donors (Lipinski definition) is 1. The van der Waals surface area contributed by atoms with E-state index in [1.54, 1.807) is 18.3 Å². The summed E-state index contributed by atoms with van der Waals surface area (Å²) in [6.45, 7) is 0. The molecule has 0 amide bonds. The summed E-state index contributed by atoms with van der Waals surface area (Å²) in [5, 5.41) is 3.50. The Labute approximate surface area is 112 Å². The summed E-state index contributed by atoms with van der Waals surface area (Å²) in [4.78, 5) is 4.37. The van der Waals surface area contributed by atoms with Gasteiger partial charge in [0.2, 0.25) is 5.95 Å². The lowest BCUT2D eigenvalue weighted by atomic mass is 9.96. The first-order valence-electron chi connectivity index (χ1n) is 6.89. The molecule has 0 spiro atoms. The minimum absolute atomic E-state index is 0.217. The van der Waals surface area contributed by atoms with Crippen LogP contribution in [0.5, 0.6) is 0 Å². The summed E-state index contributed by atoms with van der Waals surface area (Å²) in [6, 6.07) is 6.99. The van der Waals surface area contributed by atoms with Crippen LogP contribution in [0.25, 0.3) is 5.69 Å². The molecule has 0 unspecified atom stereocenters. The van der Waals surface area contributed by atoms with E-state index in [9.17, 15) is 4.39 Å². The van der Waals surface area contributed by atoms with Crippen molar-refractivity contribution in [1.82, 2.24) is 9.55 Å². The molecule has 1 saturated carbocycles. The predicted octanol–water partition coefficient (Wildman–Crippen LogP) is 3.76. The zero-order valence-electron chi connectivity index (χ0n) is 10.8. The smallest absolute Gasteiger partial charge is 0.207 e. The molecule has 0 saturated heterocycles. The van der Waals surface area contributed by atoms with Crippen LogP contribution in [0.1, 0.15) is 32.1 Å². The monoisotopic (exact) mass is 259 g/mol. The molecular weight excluding hydrogens is 241 g/mol. The summed E-state index contributed by atoms with van der Waals surface area (Å²) in [5.74, 6) is 0.629. The molecule has 1 aliphatic carbocycles. The number of rotatable bonds is 3. The molecule has 1 aromatic carbocycles. The Morgan fingerprint density at radius 2 is 1.84 bits per heavy atom. The van der Waals surface area contributed by atoms with Crippen LogP contribution in [0.4, 0.5) is 10.3 Å². The van der Waals surface area contributed by atoms with Crippen LogP contribution < -0.4 is 5.32 Å². The lowest BCUT2D eigenvalue weighted by Crippen LogP contribution is -2.24. The van der Waals surface area contributed by atoms with E-state index in [-0.39, 0.29) is 5.82 Å². The van der Waals surface area contributed by atoms with E-state index < -0.39 is 0 Å². The van der Waals surface area contributed by atoms with Crippen LogP contribution in [0.2, 0.25) is 0 Å². The lowest BCUT2D eigenvalue weighted by Gasteiger charge is -2.23. The molecule has 19 heavy (non-hydrogen) atoms. The first kappa shape index (κ1) is 12.2. The number of imidazole rings is 1. The maximum Gasteiger partial charge on any atom is 0.207 e. The third-order valence-corrected chi connectivity index (χ3v) is 3.68. The van der Waals surface area contributed by atoms with E-state index in [1.807, 2.05) is 10.8 Å². The van der Waals surface area contributed by atoms with Crippen molar-refractivity contribution in [2.45, 2.75) is 38.1 Å². The number of aromatic nitrogens is 2. The van der Waals surface area contributed by atoms with Gasteiger partial charge >= 0.3 is 0 Å². The summed E-state index contributed by atoms with van der Waals surface area (Å²) < 4.78 is 14.9. The van der Waals surface area contributed by atoms with E-state index in [0.29, 0.717) is 6.04 Å². The SMILES string of the molecule is Fc1ccc(-n2ccnc2NC2CCCCC2)cc1. The van der Waals surface area contributed by atoms with Gasteiger partial charge in [-0.1, -0.05) is 19.3 Å². The van der Waals surface area contributed by atoms with Crippen molar-refractivity contribution in [3.05, 3.63) is 42.5 Å². The number of halogens is 1. The highest BCUT2D eigenvalue weighted by Crippen LogP contribution is 2.22. The van der Waals surface area contributed by atoms with Gasteiger partial charge in [0.25, 0.3) is 0 Å². The molecular formula is C15H18FN3. The molecule has 1 N–H and O–H groups in total. The molecule has 0 aliphatic heterocycles. The number of hydrogen-bond acceptors (Lipinski definition) is 2. The highest BCUT2D eigenvalue weighted by Gasteiger charge is 2.15. The summed E-state index contributed by atoms with van der Waals surface area (Å²) in [5.41, 5.74) is 0.928. The fourth-order valence-electron chi connectivity index (χ4n) is 2.65. The van der Waals surface area contributed by atoms with Gasteiger partial charge in [0.15, 0.2) is 0 Å². The first-order chi connectivity index (χ1) is 9.33. The molecule has 0 atom stereocenters. The second-order valence-corrected chi connectivity index (χ2v) is 5.08. The molecule has 1 heterocycles. The summed E-state index contributed by atoms with van der Waals surface area (Å²) in [7, 11) is 0. The molecule has 0 radical (unpaired) electrons. The molecule has 0 bridgehead atoms. The van der Waals surface area contributed by atoms with E-state index in [0.717, 1.165) is 11.6 Å². The normalized spacial score (nSPS) is 16.5. The maximum atomic E-state index is 13.0. The third kappa shape index (κ3) is 2.78. The Morgan fingerprint density at radius 3 is 2.58 bits per heavy atom. The number of benzene rings is 1. The van der Waals surface area contributed by atoms with Crippen molar-refractivity contribution in [2.75, 3.05) is 5.32 Å². The molecule has 4 heteroatoms. The second-order valence-electron chi connectivity index (χ2n) is 5.08. The van der Waals surface area contributed by atoms with Crippen molar-refractivity contribution in [2.24, 2.45) is 0 Å². The topological polar surface area (TPSA) is 29.9 Å². The Bertz CT molecular complexity index is 527. The Hall–Kier alpha value is -1.84. The zero-order valence-corrected chi connectivity index (χ0v) is 10.8. The van der Waals surface area contributed by atoms with Gasteiger partial charge in [0, 0.05) is 24.1 Å².